The maximum atomic E-state index is 5.74. The van der Waals surface area contributed by atoms with Crippen molar-refractivity contribution in [3.63, 3.8) is 0 Å². The predicted octanol–water partition coefficient (Wildman–Crippen LogP) is 1.79. The van der Waals surface area contributed by atoms with Gasteiger partial charge in [0.25, 0.3) is 0 Å². The Labute approximate surface area is 121 Å². The van der Waals surface area contributed by atoms with Crippen LogP contribution >= 0.6 is 0 Å². The minimum Gasteiger partial charge on any atom is -0.494 e. The molecular weight excluding hydrogens is 254 g/mol. The molecule has 3 N–H and O–H groups in total. The van der Waals surface area contributed by atoms with Gasteiger partial charge in [0.2, 0.25) is 0 Å². The third-order valence-corrected chi connectivity index (χ3v) is 2.57. The Morgan fingerprint density at radius 1 is 1.20 bits per heavy atom. The zero-order valence-corrected chi connectivity index (χ0v) is 12.2. The molecule has 0 bridgehead atoms. The van der Waals surface area contributed by atoms with Crippen LogP contribution < -0.4 is 15.8 Å². The summed E-state index contributed by atoms with van der Waals surface area (Å²) >= 11 is 0. The minimum absolute atomic E-state index is 0.487. The number of aliphatic imine (C=N–C) groups is 1. The monoisotopic (exact) mass is 279 g/mol. The molecule has 0 aliphatic carbocycles. The van der Waals surface area contributed by atoms with Crippen LogP contribution in [0.1, 0.15) is 19.8 Å². The van der Waals surface area contributed by atoms with Crippen molar-refractivity contribution in [3.8, 4) is 5.75 Å². The molecule has 1 rings (SSSR count). The van der Waals surface area contributed by atoms with Gasteiger partial charge in [-0.1, -0.05) is 18.2 Å². The van der Waals surface area contributed by atoms with Gasteiger partial charge in [0.1, 0.15) is 5.75 Å². The average Bonchev–Trinajstić information content (AvgIpc) is 2.48. The number of guanidine groups is 1. The molecule has 0 unspecified atom stereocenters. The number of nitrogens with one attached hydrogen (secondary N) is 1. The number of para-hydroxylation sites is 1. The highest BCUT2D eigenvalue weighted by Crippen LogP contribution is 2.08. The number of hydrogen-bond acceptors (Lipinski definition) is 3. The lowest BCUT2D eigenvalue weighted by molar-refractivity contribution is 0.145. The molecule has 5 heteroatoms. The fourth-order valence-electron chi connectivity index (χ4n) is 1.56. The first kappa shape index (κ1) is 16.3. The lowest BCUT2D eigenvalue weighted by atomic mass is 10.3. The van der Waals surface area contributed by atoms with Gasteiger partial charge in [0.05, 0.1) is 6.61 Å². The van der Waals surface area contributed by atoms with Gasteiger partial charge in [-0.3, -0.25) is 4.99 Å². The standard InChI is InChI=1S/C15H25N3O2/c1-2-19-12-6-10-17-15(16)18-11-7-13-20-14-8-4-3-5-9-14/h3-5,8-9H,2,6-7,10-13H2,1H3,(H3,16,17,18). The molecule has 0 saturated carbocycles. The Morgan fingerprint density at radius 3 is 2.75 bits per heavy atom. The molecule has 1 aromatic rings. The van der Waals surface area contributed by atoms with Crippen molar-refractivity contribution in [3.05, 3.63) is 30.3 Å². The van der Waals surface area contributed by atoms with Crippen LogP contribution in [0.5, 0.6) is 5.75 Å². The Hall–Kier alpha value is -1.75. The summed E-state index contributed by atoms with van der Waals surface area (Å²) in [4.78, 5) is 4.24. The van der Waals surface area contributed by atoms with Crippen molar-refractivity contribution >= 4 is 5.96 Å². The molecule has 0 fully saturated rings. The number of ether oxygens (including phenoxy) is 2. The molecule has 0 amide bonds. The number of nitrogens with zero attached hydrogens (tertiary/aromatic N) is 1. The molecule has 0 aliphatic heterocycles. The maximum Gasteiger partial charge on any atom is 0.188 e. The molecule has 0 radical (unpaired) electrons. The largest absolute Gasteiger partial charge is 0.494 e. The molecular formula is C15H25N3O2. The van der Waals surface area contributed by atoms with Gasteiger partial charge in [-0.2, -0.15) is 0 Å². The lowest BCUT2D eigenvalue weighted by Gasteiger charge is -2.06. The van der Waals surface area contributed by atoms with Gasteiger partial charge >= 0.3 is 0 Å². The van der Waals surface area contributed by atoms with E-state index in [1.54, 1.807) is 0 Å². The Bertz CT molecular complexity index is 369. The van der Waals surface area contributed by atoms with Crippen molar-refractivity contribution in [2.45, 2.75) is 19.8 Å². The topological polar surface area (TPSA) is 68.9 Å². The van der Waals surface area contributed by atoms with Crippen LogP contribution in [0.3, 0.4) is 0 Å². The van der Waals surface area contributed by atoms with E-state index in [2.05, 4.69) is 10.3 Å². The van der Waals surface area contributed by atoms with Gasteiger partial charge in [0, 0.05) is 32.7 Å². The first-order chi connectivity index (χ1) is 9.83. The second-order valence-corrected chi connectivity index (χ2v) is 4.26. The molecule has 5 nitrogen and oxygen atoms in total. The Morgan fingerprint density at radius 2 is 2.00 bits per heavy atom. The van der Waals surface area contributed by atoms with E-state index < -0.39 is 0 Å². The summed E-state index contributed by atoms with van der Waals surface area (Å²) in [5.74, 6) is 1.37. The van der Waals surface area contributed by atoms with E-state index in [0.717, 1.165) is 38.3 Å². The van der Waals surface area contributed by atoms with E-state index in [1.807, 2.05) is 37.3 Å². The van der Waals surface area contributed by atoms with Gasteiger partial charge in [0.15, 0.2) is 5.96 Å². The Kier molecular flexibility index (Phi) is 9.06. The molecule has 0 aromatic heterocycles. The smallest absolute Gasteiger partial charge is 0.188 e. The number of rotatable bonds is 10. The van der Waals surface area contributed by atoms with Crippen LogP contribution in [0.15, 0.2) is 35.3 Å². The quantitative estimate of drug-likeness (QED) is 0.389. The SMILES string of the molecule is CCOCCCNC(N)=NCCCOc1ccccc1. The van der Waals surface area contributed by atoms with Crippen molar-refractivity contribution in [2.75, 3.05) is 32.9 Å². The highest BCUT2D eigenvalue weighted by atomic mass is 16.5. The van der Waals surface area contributed by atoms with Crippen LogP contribution in [-0.4, -0.2) is 38.9 Å². The van der Waals surface area contributed by atoms with Crippen molar-refractivity contribution in [2.24, 2.45) is 10.7 Å². The molecule has 1 aromatic carbocycles. The molecule has 0 heterocycles. The number of hydrogen-bond donors (Lipinski definition) is 2. The zero-order valence-electron chi connectivity index (χ0n) is 12.2. The van der Waals surface area contributed by atoms with E-state index >= 15 is 0 Å². The maximum absolute atomic E-state index is 5.74. The summed E-state index contributed by atoms with van der Waals surface area (Å²) < 4.78 is 10.8. The first-order valence-corrected chi connectivity index (χ1v) is 7.12. The first-order valence-electron chi connectivity index (χ1n) is 7.12. The van der Waals surface area contributed by atoms with Crippen molar-refractivity contribution in [1.29, 1.82) is 0 Å². The highest BCUT2D eigenvalue weighted by molar-refractivity contribution is 5.77. The molecule has 112 valence electrons. The van der Waals surface area contributed by atoms with E-state index in [-0.39, 0.29) is 0 Å². The van der Waals surface area contributed by atoms with E-state index in [0.29, 0.717) is 19.1 Å². The molecule has 0 saturated heterocycles. The molecule has 0 atom stereocenters. The summed E-state index contributed by atoms with van der Waals surface area (Å²) in [5, 5.41) is 3.06. The van der Waals surface area contributed by atoms with Crippen LogP contribution in [0, 0.1) is 0 Å². The molecule has 0 aliphatic rings. The summed E-state index contributed by atoms with van der Waals surface area (Å²) in [6.07, 6.45) is 1.78. The van der Waals surface area contributed by atoms with Gasteiger partial charge < -0.3 is 20.5 Å². The number of benzene rings is 1. The summed E-state index contributed by atoms with van der Waals surface area (Å²) in [5.41, 5.74) is 5.74. The molecule has 20 heavy (non-hydrogen) atoms. The van der Waals surface area contributed by atoms with Crippen molar-refractivity contribution < 1.29 is 9.47 Å². The second-order valence-electron chi connectivity index (χ2n) is 4.26. The van der Waals surface area contributed by atoms with Crippen LogP contribution in [-0.2, 0) is 4.74 Å². The lowest BCUT2D eigenvalue weighted by Crippen LogP contribution is -2.33. The summed E-state index contributed by atoms with van der Waals surface area (Å²) in [6.45, 7) is 5.59. The zero-order chi connectivity index (χ0) is 14.5. The second kappa shape index (κ2) is 11.1. The van der Waals surface area contributed by atoms with Crippen LogP contribution in [0.4, 0.5) is 0 Å². The highest BCUT2D eigenvalue weighted by Gasteiger charge is 1.93. The number of nitrogens with two attached hydrogens (primary N) is 1. The Balaban J connectivity index is 2.00. The van der Waals surface area contributed by atoms with Gasteiger partial charge in [-0.05, 0) is 25.5 Å². The van der Waals surface area contributed by atoms with Gasteiger partial charge in [-0.15, -0.1) is 0 Å². The fourth-order valence-corrected chi connectivity index (χ4v) is 1.56. The third-order valence-electron chi connectivity index (χ3n) is 2.57. The summed E-state index contributed by atoms with van der Waals surface area (Å²) in [7, 11) is 0. The minimum atomic E-state index is 0.487. The normalized spacial score (nSPS) is 11.3. The molecule has 0 spiro atoms. The van der Waals surface area contributed by atoms with E-state index in [9.17, 15) is 0 Å². The fraction of sp³-hybridized carbons (Fsp3) is 0.533. The predicted molar refractivity (Wildman–Crippen MR) is 82.2 cm³/mol. The average molecular weight is 279 g/mol. The van der Waals surface area contributed by atoms with Crippen LogP contribution in [0.2, 0.25) is 0 Å². The van der Waals surface area contributed by atoms with Crippen molar-refractivity contribution in [1.82, 2.24) is 5.32 Å². The summed E-state index contributed by atoms with van der Waals surface area (Å²) in [6, 6.07) is 9.76. The van der Waals surface area contributed by atoms with E-state index in [1.165, 1.54) is 0 Å². The van der Waals surface area contributed by atoms with Gasteiger partial charge in [-0.25, -0.2) is 0 Å². The third kappa shape index (κ3) is 8.37. The van der Waals surface area contributed by atoms with Crippen LogP contribution in [0.25, 0.3) is 0 Å². The van der Waals surface area contributed by atoms with E-state index in [4.69, 9.17) is 15.2 Å².